The second-order valence-corrected chi connectivity index (χ2v) is 9.23. The molecule has 4 saturated heterocycles. The van der Waals surface area contributed by atoms with Crippen LogP contribution >= 0.6 is 21.6 Å². The quantitative estimate of drug-likeness (QED) is 0.259. The Morgan fingerprint density at radius 1 is 0.923 bits per heavy atom. The molecule has 0 amide bonds. The predicted octanol–water partition coefficient (Wildman–Crippen LogP) is 0.209. The first kappa shape index (κ1) is 18.6. The molecular weight excluding hydrogens is 390 g/mol. The van der Waals surface area contributed by atoms with Gasteiger partial charge in [-0.2, -0.15) is 0 Å². The highest BCUT2D eigenvalue weighted by molar-refractivity contribution is 8.77. The van der Waals surface area contributed by atoms with Crippen molar-refractivity contribution in [1.82, 2.24) is 0 Å². The van der Waals surface area contributed by atoms with Gasteiger partial charge in [0.25, 0.3) is 5.09 Å². The second kappa shape index (κ2) is 7.68. The monoisotopic (exact) mass is 409 g/mol. The summed E-state index contributed by atoms with van der Waals surface area (Å²) < 4.78 is 28.1. The Morgan fingerprint density at radius 3 is 1.96 bits per heavy atom. The van der Waals surface area contributed by atoms with Gasteiger partial charge in [-0.25, -0.2) is 0 Å². The Balaban J connectivity index is 1.27. The van der Waals surface area contributed by atoms with Crippen LogP contribution in [0.15, 0.2) is 0 Å². The van der Waals surface area contributed by atoms with Crippen molar-refractivity contribution in [1.29, 1.82) is 0 Å². The highest BCUT2D eigenvalue weighted by Gasteiger charge is 2.52. The maximum Gasteiger partial charge on any atom is 0.303 e. The van der Waals surface area contributed by atoms with E-state index in [9.17, 15) is 14.9 Å². The third-order valence-electron chi connectivity index (χ3n) is 4.77. The molecule has 4 aliphatic heterocycles. The van der Waals surface area contributed by atoms with E-state index in [0.29, 0.717) is 19.8 Å². The molecular formula is C14H19NO9S2. The minimum absolute atomic E-state index is 0.0510. The van der Waals surface area contributed by atoms with E-state index < -0.39 is 17.3 Å². The molecule has 0 N–H and O–H groups in total. The van der Waals surface area contributed by atoms with Crippen molar-refractivity contribution in [3.05, 3.63) is 10.1 Å². The van der Waals surface area contributed by atoms with Crippen LogP contribution in [-0.2, 0) is 33.3 Å². The zero-order valence-electron chi connectivity index (χ0n) is 13.9. The van der Waals surface area contributed by atoms with Crippen molar-refractivity contribution in [3.63, 3.8) is 0 Å². The van der Waals surface area contributed by atoms with Crippen LogP contribution in [0.1, 0.15) is 6.92 Å². The van der Waals surface area contributed by atoms with Gasteiger partial charge in [0, 0.05) is 6.92 Å². The van der Waals surface area contributed by atoms with Crippen molar-refractivity contribution < 1.29 is 38.4 Å². The van der Waals surface area contributed by atoms with Gasteiger partial charge in [0.15, 0.2) is 12.2 Å². The summed E-state index contributed by atoms with van der Waals surface area (Å²) >= 11 is 0. The van der Waals surface area contributed by atoms with Gasteiger partial charge in [-0.15, -0.1) is 10.1 Å². The summed E-state index contributed by atoms with van der Waals surface area (Å²) in [6.45, 7) is 2.83. The number of carbonyl (C=O) groups excluding carboxylic acids is 1. The Kier molecular flexibility index (Phi) is 5.48. The normalized spacial score (nSPS) is 43.9. The Labute approximate surface area is 157 Å². The van der Waals surface area contributed by atoms with Crippen LogP contribution < -0.4 is 0 Å². The largest absolute Gasteiger partial charge is 0.457 e. The van der Waals surface area contributed by atoms with Gasteiger partial charge in [-0.3, -0.25) is 4.79 Å². The zero-order chi connectivity index (χ0) is 18.3. The lowest BCUT2D eigenvalue weighted by molar-refractivity contribution is -0.769. The summed E-state index contributed by atoms with van der Waals surface area (Å²) in [5.74, 6) is -0.340. The van der Waals surface area contributed by atoms with E-state index in [1.54, 1.807) is 21.6 Å². The van der Waals surface area contributed by atoms with Gasteiger partial charge in [0.1, 0.15) is 24.4 Å². The standard InChI is InChI=1S/C14H19NO9S2/c1-6(16)23-7-2-19-13-9(4-21-11(7)13)25-26-10-5-22-12-8(24-15(17)18)3-20-14(10)12/h7-14H,2-5H2,1H3/t7-,8?,9+,10+,11-,12-,13-,14-/m1/s1. The molecule has 8 atom stereocenters. The molecule has 10 nitrogen and oxygen atoms in total. The number of esters is 1. The number of hydrogen-bond donors (Lipinski definition) is 0. The fourth-order valence-corrected chi connectivity index (χ4v) is 6.77. The number of carbonyl (C=O) groups is 1. The highest BCUT2D eigenvalue weighted by atomic mass is 33.1. The van der Waals surface area contributed by atoms with Crippen molar-refractivity contribution in [2.75, 3.05) is 26.4 Å². The number of rotatable bonds is 6. The average Bonchev–Trinajstić information content (AvgIpc) is 3.30. The molecule has 0 aromatic rings. The van der Waals surface area contributed by atoms with Crippen LogP contribution in [0.2, 0.25) is 0 Å². The van der Waals surface area contributed by atoms with Crippen molar-refractivity contribution in [3.8, 4) is 0 Å². The average molecular weight is 409 g/mol. The molecule has 146 valence electrons. The predicted molar refractivity (Wildman–Crippen MR) is 89.1 cm³/mol. The molecule has 0 bridgehead atoms. The number of nitrogens with zero attached hydrogens (tertiary/aromatic N) is 1. The molecule has 4 rings (SSSR count). The van der Waals surface area contributed by atoms with Crippen LogP contribution in [0, 0.1) is 10.1 Å². The van der Waals surface area contributed by atoms with Gasteiger partial charge in [-0.1, -0.05) is 21.6 Å². The van der Waals surface area contributed by atoms with Gasteiger partial charge in [0.2, 0.25) is 0 Å². The summed E-state index contributed by atoms with van der Waals surface area (Å²) in [6.07, 6.45) is -2.02. The smallest absolute Gasteiger partial charge is 0.303 e. The first-order valence-electron chi connectivity index (χ1n) is 8.30. The summed E-state index contributed by atoms with van der Waals surface area (Å²) in [7, 11) is 3.25. The molecule has 1 unspecified atom stereocenters. The van der Waals surface area contributed by atoms with Crippen molar-refractivity contribution >= 4 is 27.6 Å². The van der Waals surface area contributed by atoms with E-state index in [2.05, 4.69) is 4.84 Å². The van der Waals surface area contributed by atoms with E-state index in [1.165, 1.54) is 6.92 Å². The second-order valence-electron chi connectivity index (χ2n) is 6.48. The van der Waals surface area contributed by atoms with Gasteiger partial charge in [0.05, 0.1) is 36.9 Å². The van der Waals surface area contributed by atoms with Gasteiger partial charge >= 0.3 is 5.97 Å². The molecule has 0 spiro atoms. The van der Waals surface area contributed by atoms with E-state index in [1.807, 2.05) is 0 Å². The Morgan fingerprint density at radius 2 is 1.42 bits per heavy atom. The summed E-state index contributed by atoms with van der Waals surface area (Å²) in [4.78, 5) is 26.3. The third kappa shape index (κ3) is 3.62. The number of hydrogen-bond acceptors (Lipinski definition) is 11. The SMILES string of the molecule is CC(=O)O[C@@H]1CO[C@H]2[C@@H]1OC[C@@H]2SS[C@H]1CO[C@@H]2C(O[N+](=O)[O-])CO[C@H]12. The van der Waals surface area contributed by atoms with Crippen LogP contribution in [-0.4, -0.2) is 84.6 Å². The molecule has 0 saturated carbocycles. The molecule has 4 fully saturated rings. The Hall–Kier alpha value is -0.790. The lowest BCUT2D eigenvalue weighted by Crippen LogP contribution is -2.33. The van der Waals surface area contributed by atoms with E-state index >= 15 is 0 Å². The van der Waals surface area contributed by atoms with E-state index in [4.69, 9.17) is 23.7 Å². The van der Waals surface area contributed by atoms with Crippen LogP contribution in [0.4, 0.5) is 0 Å². The molecule has 0 aromatic heterocycles. The van der Waals surface area contributed by atoms with Gasteiger partial charge < -0.3 is 28.5 Å². The zero-order valence-corrected chi connectivity index (χ0v) is 15.5. The first-order valence-corrected chi connectivity index (χ1v) is 10.6. The third-order valence-corrected chi connectivity index (χ3v) is 8.00. The minimum Gasteiger partial charge on any atom is -0.457 e. The molecule has 4 heterocycles. The van der Waals surface area contributed by atoms with Crippen molar-refractivity contribution in [2.45, 2.75) is 54.0 Å². The van der Waals surface area contributed by atoms with Gasteiger partial charge in [-0.05, 0) is 0 Å². The maximum atomic E-state index is 11.1. The number of fused-ring (bicyclic) bond motifs is 2. The molecule has 0 radical (unpaired) electrons. The fraction of sp³-hybridized carbons (Fsp3) is 0.929. The highest BCUT2D eigenvalue weighted by Crippen LogP contribution is 2.45. The minimum atomic E-state index is -0.804. The molecule has 4 aliphatic rings. The molecule has 0 aliphatic carbocycles. The van der Waals surface area contributed by atoms with E-state index in [0.717, 1.165) is 0 Å². The van der Waals surface area contributed by atoms with Crippen molar-refractivity contribution in [2.24, 2.45) is 0 Å². The molecule has 0 aromatic carbocycles. The summed E-state index contributed by atoms with van der Waals surface area (Å²) in [5.41, 5.74) is 0. The fourth-order valence-electron chi connectivity index (χ4n) is 3.68. The maximum absolute atomic E-state index is 11.1. The summed E-state index contributed by atoms with van der Waals surface area (Å²) in [5, 5.41) is 9.88. The van der Waals surface area contributed by atoms with Crippen LogP contribution in [0.5, 0.6) is 0 Å². The first-order chi connectivity index (χ1) is 12.5. The number of ether oxygens (including phenoxy) is 5. The van der Waals surface area contributed by atoms with Crippen LogP contribution in [0.25, 0.3) is 0 Å². The molecule has 12 heteroatoms. The van der Waals surface area contributed by atoms with E-state index in [-0.39, 0.29) is 47.5 Å². The lowest BCUT2D eigenvalue weighted by Gasteiger charge is -2.19. The summed E-state index contributed by atoms with van der Waals surface area (Å²) in [6, 6.07) is 0. The topological polar surface area (TPSA) is 116 Å². The Bertz CT molecular complexity index is 519. The van der Waals surface area contributed by atoms with Crippen LogP contribution in [0.3, 0.4) is 0 Å². The lowest BCUT2D eigenvalue weighted by atomic mass is 10.1. The molecule has 26 heavy (non-hydrogen) atoms.